The van der Waals surface area contributed by atoms with Crippen LogP contribution in [-0.4, -0.2) is 33.0 Å². The van der Waals surface area contributed by atoms with Gasteiger partial charge in [-0.25, -0.2) is 4.79 Å². The lowest BCUT2D eigenvalue weighted by molar-refractivity contribution is -0.134. The molecule has 1 saturated heterocycles. The van der Waals surface area contributed by atoms with Crippen LogP contribution in [-0.2, 0) is 14.3 Å². The molecule has 4 heteroatoms. The van der Waals surface area contributed by atoms with Crippen LogP contribution < -0.4 is 0 Å². The second-order valence-electron chi connectivity index (χ2n) is 5.88. The van der Waals surface area contributed by atoms with Crippen molar-refractivity contribution in [3.05, 3.63) is 12.2 Å². The molecule has 0 N–H and O–H groups in total. The molecule has 0 bridgehead atoms. The Kier molecular flexibility index (Phi) is 3.64. The lowest BCUT2D eigenvalue weighted by atomic mass is 10.2. The summed E-state index contributed by atoms with van der Waals surface area (Å²) in [6.07, 6.45) is 3.38. The first kappa shape index (κ1) is 13.5. The summed E-state index contributed by atoms with van der Waals surface area (Å²) < 4.78 is 10.2. The Bertz CT molecular complexity index is 302. The smallest absolute Gasteiger partial charge is 0.330 e. The number of carbonyl (C=O) groups is 1. The van der Waals surface area contributed by atoms with Crippen molar-refractivity contribution in [1.29, 1.82) is 0 Å². The summed E-state index contributed by atoms with van der Waals surface area (Å²) in [6.45, 7) is 11.5. The molecule has 1 rings (SSSR count). The van der Waals surface area contributed by atoms with Crippen molar-refractivity contribution in [2.24, 2.45) is 0 Å². The highest BCUT2D eigenvalue weighted by Gasteiger charge is 2.54. The molecule has 0 saturated carbocycles. The van der Waals surface area contributed by atoms with E-state index in [4.69, 9.17) is 4.74 Å². The predicted molar refractivity (Wildman–Crippen MR) is 67.0 cm³/mol. The van der Waals surface area contributed by atoms with Crippen LogP contribution in [0.15, 0.2) is 12.2 Å². The average Bonchev–Trinajstić information content (AvgIpc) is 2.92. The molecular weight excluding hydrogens is 220 g/mol. The molecule has 1 fully saturated rings. The third-order valence-electron chi connectivity index (χ3n) is 3.79. The Morgan fingerprint density at radius 3 is 2.38 bits per heavy atom. The van der Waals surface area contributed by atoms with Gasteiger partial charge in [0.05, 0.1) is 27.0 Å². The number of esters is 1. The van der Waals surface area contributed by atoms with E-state index in [1.54, 1.807) is 0 Å². The van der Waals surface area contributed by atoms with Gasteiger partial charge < -0.3 is 9.47 Å². The molecule has 1 heterocycles. The van der Waals surface area contributed by atoms with E-state index in [9.17, 15) is 4.79 Å². The minimum absolute atomic E-state index is 0.111. The van der Waals surface area contributed by atoms with Crippen LogP contribution in [0.4, 0.5) is 0 Å². The fourth-order valence-electron chi connectivity index (χ4n) is 1.52. The number of hydrogen-bond donors (Lipinski definition) is 0. The quantitative estimate of drug-likeness (QED) is 0.330. The summed E-state index contributed by atoms with van der Waals surface area (Å²) in [6, 6.07) is 0. The molecule has 3 nitrogen and oxygen atoms in total. The van der Waals surface area contributed by atoms with E-state index in [0.717, 1.165) is 0 Å². The Labute approximate surface area is 98.8 Å². The van der Waals surface area contributed by atoms with Gasteiger partial charge in [0.25, 0.3) is 0 Å². The van der Waals surface area contributed by atoms with Gasteiger partial charge in [-0.05, 0) is 11.1 Å². The highest BCUT2D eigenvalue weighted by Crippen LogP contribution is 2.46. The summed E-state index contributed by atoms with van der Waals surface area (Å²) in [4.78, 5) is 10.9. The van der Waals surface area contributed by atoms with Gasteiger partial charge in [0.15, 0.2) is 0 Å². The molecule has 0 aliphatic carbocycles. The van der Waals surface area contributed by atoms with Crippen molar-refractivity contribution in [1.82, 2.24) is 0 Å². The zero-order valence-electron chi connectivity index (χ0n) is 11.0. The number of carbonyl (C=O) groups excluding carboxylic acids is 1. The largest absolute Gasteiger partial charge is 0.466 e. The summed E-state index contributed by atoms with van der Waals surface area (Å²) >= 11 is 0. The maximum atomic E-state index is 10.9. The topological polar surface area (TPSA) is 38.8 Å². The van der Waals surface area contributed by atoms with Gasteiger partial charge >= 0.3 is 5.97 Å². The highest BCUT2D eigenvalue weighted by molar-refractivity contribution is 6.82. The average molecular weight is 242 g/mol. The zero-order valence-corrected chi connectivity index (χ0v) is 12.0. The molecule has 0 spiro atoms. The molecule has 0 amide bonds. The van der Waals surface area contributed by atoms with Gasteiger partial charge in [-0.2, -0.15) is 0 Å². The summed E-state index contributed by atoms with van der Waals surface area (Å²) in [5, 5.41) is 0.311. The SMILES string of the molecule is COC(=O)/C=C\[C@@H]1O[C@H]1[Si](C)(C)C(C)(C)C. The minimum atomic E-state index is -1.44. The molecule has 1 aliphatic heterocycles. The van der Waals surface area contributed by atoms with Gasteiger partial charge in [-0.15, -0.1) is 0 Å². The van der Waals surface area contributed by atoms with Crippen molar-refractivity contribution in [2.75, 3.05) is 7.11 Å². The van der Waals surface area contributed by atoms with Gasteiger partial charge in [-0.3, -0.25) is 0 Å². The van der Waals surface area contributed by atoms with Crippen LogP contribution in [0.2, 0.25) is 18.1 Å². The molecule has 16 heavy (non-hydrogen) atoms. The summed E-state index contributed by atoms with van der Waals surface area (Å²) in [7, 11) is -0.0613. The Hall–Kier alpha value is -0.613. The van der Waals surface area contributed by atoms with Gasteiger partial charge in [0, 0.05) is 6.08 Å². The number of rotatable bonds is 3. The number of methoxy groups -OCH3 is 1. The van der Waals surface area contributed by atoms with Crippen LogP contribution in [0, 0.1) is 0 Å². The second kappa shape index (κ2) is 4.34. The van der Waals surface area contributed by atoms with Crippen molar-refractivity contribution in [3.63, 3.8) is 0 Å². The third-order valence-corrected chi connectivity index (χ3v) is 9.55. The van der Waals surface area contributed by atoms with Crippen LogP contribution >= 0.6 is 0 Å². The number of epoxide rings is 1. The molecule has 0 radical (unpaired) electrons. The first-order valence-corrected chi connectivity index (χ1v) is 8.69. The van der Waals surface area contributed by atoms with Gasteiger partial charge in [0.2, 0.25) is 0 Å². The van der Waals surface area contributed by atoms with E-state index < -0.39 is 8.07 Å². The lowest BCUT2D eigenvalue weighted by Gasteiger charge is -2.35. The lowest BCUT2D eigenvalue weighted by Crippen LogP contribution is -2.44. The molecule has 0 aromatic heterocycles. The zero-order chi connectivity index (χ0) is 12.6. The maximum Gasteiger partial charge on any atom is 0.330 e. The maximum absolute atomic E-state index is 10.9. The molecule has 1 aliphatic rings. The van der Waals surface area contributed by atoms with E-state index in [1.807, 2.05) is 6.08 Å². The molecule has 0 aromatic carbocycles. The van der Waals surface area contributed by atoms with E-state index in [-0.39, 0.29) is 12.1 Å². The summed E-state index contributed by atoms with van der Waals surface area (Å²) in [5.41, 5.74) is 0.327. The van der Waals surface area contributed by atoms with Crippen LogP contribution in [0.1, 0.15) is 20.8 Å². The van der Waals surface area contributed by atoms with Crippen molar-refractivity contribution < 1.29 is 14.3 Å². The van der Waals surface area contributed by atoms with Gasteiger partial charge in [-0.1, -0.05) is 33.9 Å². The van der Waals surface area contributed by atoms with Crippen molar-refractivity contribution in [3.8, 4) is 0 Å². The summed E-state index contributed by atoms with van der Waals surface area (Å²) in [5.74, 6) is -0.315. The Balaban J connectivity index is 2.57. The number of hydrogen-bond acceptors (Lipinski definition) is 3. The fraction of sp³-hybridized carbons (Fsp3) is 0.750. The van der Waals surface area contributed by atoms with E-state index in [2.05, 4.69) is 38.6 Å². The normalized spacial score (nSPS) is 25.9. The Morgan fingerprint density at radius 2 is 1.94 bits per heavy atom. The Morgan fingerprint density at radius 1 is 1.38 bits per heavy atom. The van der Waals surface area contributed by atoms with E-state index >= 15 is 0 Å². The second-order valence-corrected chi connectivity index (χ2v) is 11.4. The first-order chi connectivity index (χ1) is 7.20. The molecule has 2 atom stereocenters. The minimum Gasteiger partial charge on any atom is -0.466 e. The highest BCUT2D eigenvalue weighted by atomic mass is 28.3. The van der Waals surface area contributed by atoms with Gasteiger partial charge in [0.1, 0.15) is 0 Å². The third kappa shape index (κ3) is 2.74. The standard InChI is InChI=1S/C12H22O3Si/c1-12(2,3)16(5,6)11-9(15-11)7-8-10(13)14-4/h7-9,11H,1-6H3/b8-7-/t9-,11-/m0/s1. The molecule has 0 aromatic rings. The predicted octanol–water partition coefficient (Wildman–Crippen LogP) is 2.53. The molecule has 92 valence electrons. The van der Waals surface area contributed by atoms with E-state index in [1.165, 1.54) is 13.2 Å². The first-order valence-electron chi connectivity index (χ1n) is 5.62. The monoisotopic (exact) mass is 242 g/mol. The van der Waals surface area contributed by atoms with Crippen LogP contribution in [0.3, 0.4) is 0 Å². The molecular formula is C12H22O3Si. The van der Waals surface area contributed by atoms with Crippen molar-refractivity contribution in [2.45, 2.75) is 50.7 Å². The van der Waals surface area contributed by atoms with Crippen LogP contribution in [0.25, 0.3) is 0 Å². The van der Waals surface area contributed by atoms with Crippen LogP contribution in [0.5, 0.6) is 0 Å². The molecule has 0 unspecified atom stereocenters. The number of ether oxygens (including phenoxy) is 2. The van der Waals surface area contributed by atoms with E-state index in [0.29, 0.717) is 10.8 Å². The fourth-order valence-corrected chi connectivity index (χ4v) is 3.80. The van der Waals surface area contributed by atoms with Crippen molar-refractivity contribution >= 4 is 14.0 Å².